The van der Waals surface area contributed by atoms with Crippen LogP contribution in [0.25, 0.3) is 0 Å². The predicted molar refractivity (Wildman–Crippen MR) is 89.0 cm³/mol. The first kappa shape index (κ1) is 19.1. The SMILES string of the molecule is CC/N=C(\C(C)C)C(C)/C(=C\C=C(/C)F)CC(C)CC. The highest BCUT2D eigenvalue weighted by atomic mass is 19.1. The molecule has 0 aromatic carbocycles. The van der Waals surface area contributed by atoms with Crippen molar-refractivity contribution in [3.63, 3.8) is 0 Å². The lowest BCUT2D eigenvalue weighted by molar-refractivity contribution is 0.537. The second-order valence-corrected chi connectivity index (χ2v) is 5.99. The molecule has 0 saturated heterocycles. The van der Waals surface area contributed by atoms with Crippen LogP contribution in [0, 0.1) is 17.8 Å². The van der Waals surface area contributed by atoms with Gasteiger partial charge in [0, 0.05) is 18.2 Å². The lowest BCUT2D eigenvalue weighted by Gasteiger charge is -2.23. The van der Waals surface area contributed by atoms with Crippen LogP contribution >= 0.6 is 0 Å². The van der Waals surface area contributed by atoms with Gasteiger partial charge in [-0.25, -0.2) is 4.39 Å². The molecule has 0 fully saturated rings. The van der Waals surface area contributed by atoms with E-state index < -0.39 is 0 Å². The molecule has 20 heavy (non-hydrogen) atoms. The Hall–Kier alpha value is -0.920. The van der Waals surface area contributed by atoms with Gasteiger partial charge in [-0.05, 0) is 38.2 Å². The molecule has 1 nitrogen and oxygen atoms in total. The van der Waals surface area contributed by atoms with E-state index in [-0.39, 0.29) is 5.83 Å². The van der Waals surface area contributed by atoms with E-state index in [9.17, 15) is 4.39 Å². The molecule has 0 aliphatic heterocycles. The van der Waals surface area contributed by atoms with Gasteiger partial charge in [0.25, 0.3) is 0 Å². The molecule has 0 aromatic rings. The fourth-order valence-electron chi connectivity index (χ4n) is 2.35. The minimum atomic E-state index is -0.141. The summed E-state index contributed by atoms with van der Waals surface area (Å²) in [7, 11) is 0. The highest BCUT2D eigenvalue weighted by molar-refractivity contribution is 5.90. The average Bonchev–Trinajstić information content (AvgIpc) is 2.39. The van der Waals surface area contributed by atoms with E-state index in [1.807, 2.05) is 6.08 Å². The third kappa shape index (κ3) is 7.02. The second kappa shape index (κ2) is 9.90. The Labute approximate surface area is 125 Å². The summed E-state index contributed by atoms with van der Waals surface area (Å²) in [5.41, 5.74) is 2.52. The Morgan fingerprint density at radius 3 is 2.10 bits per heavy atom. The van der Waals surface area contributed by atoms with Crippen molar-refractivity contribution in [2.75, 3.05) is 6.54 Å². The fourth-order valence-corrected chi connectivity index (χ4v) is 2.35. The van der Waals surface area contributed by atoms with Crippen LogP contribution in [-0.2, 0) is 0 Å². The maximum atomic E-state index is 13.0. The molecule has 0 aromatic heterocycles. The highest BCUT2D eigenvalue weighted by Crippen LogP contribution is 2.25. The van der Waals surface area contributed by atoms with Gasteiger partial charge in [-0.15, -0.1) is 0 Å². The lowest BCUT2D eigenvalue weighted by atomic mass is 9.84. The maximum Gasteiger partial charge on any atom is 0.0968 e. The van der Waals surface area contributed by atoms with Gasteiger partial charge in [0.1, 0.15) is 0 Å². The molecular formula is C18H32FN. The van der Waals surface area contributed by atoms with Crippen molar-refractivity contribution < 1.29 is 4.39 Å². The summed E-state index contributed by atoms with van der Waals surface area (Å²) in [6.07, 6.45) is 5.69. The molecule has 2 unspecified atom stereocenters. The zero-order valence-corrected chi connectivity index (χ0v) is 14.3. The van der Waals surface area contributed by atoms with E-state index >= 15 is 0 Å². The van der Waals surface area contributed by atoms with Gasteiger partial charge in [-0.1, -0.05) is 52.7 Å². The number of nitrogens with zero attached hydrogens (tertiary/aromatic N) is 1. The molecule has 0 radical (unpaired) electrons. The quantitative estimate of drug-likeness (QED) is 0.383. The molecule has 0 bridgehead atoms. The topological polar surface area (TPSA) is 12.4 Å². The first-order chi connectivity index (χ1) is 9.33. The largest absolute Gasteiger partial charge is 0.294 e. The average molecular weight is 281 g/mol. The summed E-state index contributed by atoms with van der Waals surface area (Å²) in [6.45, 7) is 15.4. The molecule has 0 spiro atoms. The summed E-state index contributed by atoms with van der Waals surface area (Å²) < 4.78 is 13.0. The predicted octanol–water partition coefficient (Wildman–Crippen LogP) is 5.98. The fraction of sp³-hybridized carbons (Fsp3) is 0.722. The van der Waals surface area contributed by atoms with Crippen molar-refractivity contribution in [3.05, 3.63) is 23.6 Å². The van der Waals surface area contributed by atoms with Crippen LogP contribution in [0.3, 0.4) is 0 Å². The van der Waals surface area contributed by atoms with Crippen molar-refractivity contribution in [3.8, 4) is 0 Å². The van der Waals surface area contributed by atoms with E-state index in [1.54, 1.807) is 6.08 Å². The van der Waals surface area contributed by atoms with Crippen LogP contribution in [0.1, 0.15) is 61.3 Å². The van der Waals surface area contributed by atoms with Crippen molar-refractivity contribution >= 4 is 5.71 Å². The lowest BCUT2D eigenvalue weighted by Crippen LogP contribution is -2.21. The van der Waals surface area contributed by atoms with Crippen LogP contribution in [-0.4, -0.2) is 12.3 Å². The van der Waals surface area contributed by atoms with Crippen molar-refractivity contribution in [1.29, 1.82) is 0 Å². The van der Waals surface area contributed by atoms with E-state index in [0.29, 0.717) is 17.8 Å². The zero-order chi connectivity index (χ0) is 15.7. The number of halogens is 1. The molecule has 0 amide bonds. The number of aliphatic imine (C=N–C) groups is 1. The molecule has 0 N–H and O–H groups in total. The van der Waals surface area contributed by atoms with Crippen LogP contribution in [0.4, 0.5) is 4.39 Å². The first-order valence-corrected chi connectivity index (χ1v) is 7.90. The van der Waals surface area contributed by atoms with Gasteiger partial charge < -0.3 is 0 Å². The highest BCUT2D eigenvalue weighted by Gasteiger charge is 2.19. The smallest absolute Gasteiger partial charge is 0.0968 e. The Bertz CT molecular complexity index is 360. The van der Waals surface area contributed by atoms with Crippen LogP contribution in [0.2, 0.25) is 0 Å². The third-order valence-corrected chi connectivity index (χ3v) is 3.74. The Balaban J connectivity index is 5.34. The summed E-state index contributed by atoms with van der Waals surface area (Å²) in [5.74, 6) is 1.20. The third-order valence-electron chi connectivity index (χ3n) is 3.74. The normalized spacial score (nSPS) is 17.6. The Kier molecular flexibility index (Phi) is 9.45. The minimum Gasteiger partial charge on any atom is -0.294 e. The summed E-state index contributed by atoms with van der Waals surface area (Å²) in [6, 6.07) is 0. The van der Waals surface area contributed by atoms with Gasteiger partial charge in [0.15, 0.2) is 0 Å². The summed E-state index contributed by atoms with van der Waals surface area (Å²) in [4.78, 5) is 4.67. The monoisotopic (exact) mass is 281 g/mol. The van der Waals surface area contributed by atoms with Gasteiger partial charge in [0.2, 0.25) is 0 Å². The van der Waals surface area contributed by atoms with Crippen molar-refractivity contribution in [2.45, 2.75) is 61.3 Å². The Morgan fingerprint density at radius 2 is 1.70 bits per heavy atom. The van der Waals surface area contributed by atoms with E-state index in [4.69, 9.17) is 0 Å². The standard InChI is InChI=1S/C18H32FN/c1-8-14(5)12-17(11-10-15(6)19)16(7)18(13(3)4)20-9-2/h10-11,13-14,16H,8-9,12H2,1-7H3/b15-10+,17-11-,20-18+. The number of hydrogen-bond donors (Lipinski definition) is 0. The molecule has 0 rings (SSSR count). The van der Waals surface area contributed by atoms with Crippen LogP contribution in [0.5, 0.6) is 0 Å². The molecule has 0 aliphatic carbocycles. The second-order valence-electron chi connectivity index (χ2n) is 5.99. The van der Waals surface area contributed by atoms with E-state index in [0.717, 1.165) is 19.4 Å². The molecule has 2 atom stereocenters. The maximum absolute atomic E-state index is 13.0. The first-order valence-electron chi connectivity index (χ1n) is 7.90. The van der Waals surface area contributed by atoms with E-state index in [2.05, 4.69) is 46.5 Å². The van der Waals surface area contributed by atoms with Crippen molar-refractivity contribution in [2.24, 2.45) is 22.7 Å². The molecule has 0 saturated carbocycles. The molecule has 0 heterocycles. The Morgan fingerprint density at radius 1 is 1.10 bits per heavy atom. The summed E-state index contributed by atoms with van der Waals surface area (Å²) >= 11 is 0. The molecule has 2 heteroatoms. The van der Waals surface area contributed by atoms with Gasteiger partial charge in [-0.3, -0.25) is 4.99 Å². The van der Waals surface area contributed by atoms with Gasteiger partial charge in [-0.2, -0.15) is 0 Å². The summed E-state index contributed by atoms with van der Waals surface area (Å²) in [5, 5.41) is 0. The minimum absolute atomic E-state index is 0.141. The number of allylic oxidation sites excluding steroid dienone is 4. The van der Waals surface area contributed by atoms with Crippen LogP contribution in [0.15, 0.2) is 28.5 Å². The molecule has 116 valence electrons. The van der Waals surface area contributed by atoms with Gasteiger partial charge >= 0.3 is 0 Å². The van der Waals surface area contributed by atoms with E-state index in [1.165, 1.54) is 18.2 Å². The number of rotatable bonds is 8. The molecule has 0 aliphatic rings. The van der Waals surface area contributed by atoms with Crippen molar-refractivity contribution in [1.82, 2.24) is 0 Å². The van der Waals surface area contributed by atoms with Crippen LogP contribution < -0.4 is 0 Å². The zero-order valence-electron chi connectivity index (χ0n) is 14.3. The molecular weight excluding hydrogens is 249 g/mol. The van der Waals surface area contributed by atoms with Gasteiger partial charge in [0.05, 0.1) is 5.83 Å². The number of hydrogen-bond acceptors (Lipinski definition) is 1.